The Morgan fingerprint density at radius 1 is 0.979 bits per heavy atom. The average molecular weight is 683 g/mol. The number of carbonyl (C=O) groups excluding carboxylic acids is 4. The first-order valence-electron chi connectivity index (χ1n) is 16.6. The third-order valence-corrected chi connectivity index (χ3v) is 8.10. The Morgan fingerprint density at radius 3 is 2.17 bits per heavy atom. The molecule has 0 spiro atoms. The topological polar surface area (TPSA) is 178 Å². The molecule has 1 aromatic rings. The Morgan fingerprint density at radius 2 is 1.62 bits per heavy atom. The Labute approximate surface area is 285 Å². The van der Waals surface area contributed by atoms with Crippen molar-refractivity contribution in [2.24, 2.45) is 34.8 Å². The van der Waals surface area contributed by atoms with Crippen LogP contribution in [0, 0.1) is 34.9 Å². The molecule has 0 saturated heterocycles. The van der Waals surface area contributed by atoms with Crippen LogP contribution in [0.5, 0.6) is 5.75 Å². The fourth-order valence-electron chi connectivity index (χ4n) is 4.89. The van der Waals surface area contributed by atoms with Crippen LogP contribution in [-0.2, 0) is 23.9 Å². The van der Waals surface area contributed by atoms with E-state index in [2.05, 4.69) is 16.0 Å². The van der Waals surface area contributed by atoms with Crippen LogP contribution < -0.4 is 26.4 Å². The van der Waals surface area contributed by atoms with E-state index in [1.807, 2.05) is 27.7 Å². The molecule has 0 radical (unpaired) electrons. The van der Waals surface area contributed by atoms with Gasteiger partial charge in [-0.25, -0.2) is 9.18 Å². The number of aliphatic hydroxyl groups excluding tert-OH is 1. The molecule has 0 heterocycles. The van der Waals surface area contributed by atoms with E-state index >= 15 is 0 Å². The van der Waals surface area contributed by atoms with Gasteiger partial charge >= 0.3 is 6.09 Å². The molecule has 1 aromatic carbocycles. The summed E-state index contributed by atoms with van der Waals surface area (Å²) in [5.74, 6) is -3.27. The number of hydrogen-bond acceptors (Lipinski definition) is 8. The number of amides is 4. The summed E-state index contributed by atoms with van der Waals surface area (Å²) >= 11 is 0. The van der Waals surface area contributed by atoms with Gasteiger partial charge in [-0.3, -0.25) is 14.4 Å². The monoisotopic (exact) mass is 682 g/mol. The van der Waals surface area contributed by atoms with Crippen molar-refractivity contribution in [3.05, 3.63) is 24.0 Å². The lowest BCUT2D eigenvalue weighted by molar-refractivity contribution is -0.130. The number of aliphatic hydroxyl groups is 1. The fourth-order valence-corrected chi connectivity index (χ4v) is 4.89. The molecule has 48 heavy (non-hydrogen) atoms. The Balaban J connectivity index is 3.21. The first kappa shape index (κ1) is 42.6. The summed E-state index contributed by atoms with van der Waals surface area (Å²) in [6.45, 7) is 16.6. The van der Waals surface area contributed by atoms with Gasteiger partial charge in [0.15, 0.2) is 11.6 Å². The lowest BCUT2D eigenvalue weighted by Gasteiger charge is -2.33. The van der Waals surface area contributed by atoms with Crippen LogP contribution in [0.3, 0.4) is 0 Å². The molecule has 6 N–H and O–H groups in total. The van der Waals surface area contributed by atoms with E-state index in [1.54, 1.807) is 47.8 Å². The molecule has 0 aliphatic carbocycles. The molecular weight excluding hydrogens is 623 g/mol. The molecule has 0 bridgehead atoms. The van der Waals surface area contributed by atoms with Crippen LogP contribution in [-0.4, -0.2) is 73.5 Å². The number of anilines is 1. The SMILES string of the molecule is COCCCOc1c(F)cccc1NC(=O)C[C@@H](C[C@H](NC(=O)OC(C)(C)C)[C@@H](O)C[C@H](C(=O)NCC(C)(C)C(N)=O)C(C)C)C(C)C. The second-order valence-corrected chi connectivity index (χ2v) is 14.7. The Hall–Kier alpha value is -3.45. The molecule has 4 atom stereocenters. The minimum absolute atomic E-state index is 0.00713. The maximum absolute atomic E-state index is 14.6. The predicted molar refractivity (Wildman–Crippen MR) is 183 cm³/mol. The van der Waals surface area contributed by atoms with E-state index < -0.39 is 52.8 Å². The van der Waals surface area contributed by atoms with Gasteiger partial charge in [0, 0.05) is 39.0 Å². The normalized spacial score (nSPS) is 14.5. The quantitative estimate of drug-likeness (QED) is 0.122. The number of para-hydroxylation sites is 1. The summed E-state index contributed by atoms with van der Waals surface area (Å²) < 4.78 is 30.7. The highest BCUT2D eigenvalue weighted by molar-refractivity contribution is 5.92. The predicted octanol–water partition coefficient (Wildman–Crippen LogP) is 4.78. The molecule has 0 aliphatic heterocycles. The zero-order valence-corrected chi connectivity index (χ0v) is 30.4. The van der Waals surface area contributed by atoms with E-state index in [0.29, 0.717) is 13.0 Å². The van der Waals surface area contributed by atoms with Gasteiger partial charge in [0.1, 0.15) is 5.60 Å². The Bertz CT molecular complexity index is 1200. The van der Waals surface area contributed by atoms with E-state index in [4.69, 9.17) is 19.9 Å². The number of alkyl carbamates (subject to hydrolysis) is 1. The van der Waals surface area contributed by atoms with Gasteiger partial charge in [0.05, 0.1) is 29.9 Å². The number of primary amides is 1. The molecule has 0 unspecified atom stereocenters. The van der Waals surface area contributed by atoms with E-state index in [1.165, 1.54) is 12.1 Å². The minimum Gasteiger partial charge on any atom is -0.488 e. The van der Waals surface area contributed by atoms with E-state index in [-0.39, 0.29) is 67.5 Å². The standard InChI is InChI=1S/C35H59FN4O8/c1-21(2)23(18-29(42)39-26-14-11-13-25(36)30(26)47-16-12-15-46-10)17-27(40-33(45)48-34(5,6)7)28(41)19-24(22(3)4)31(43)38-20-35(8,9)32(37)44/h11,13-14,21-24,27-28,41H,12,15-20H2,1-10H3,(H2,37,44)(H,38,43)(H,39,42)(H,40,45)/t23-,24+,27+,28+/m1/s1. The lowest BCUT2D eigenvalue weighted by atomic mass is 9.81. The number of methoxy groups -OCH3 is 1. The van der Waals surface area contributed by atoms with Crippen molar-refractivity contribution in [1.29, 1.82) is 0 Å². The highest BCUT2D eigenvalue weighted by Gasteiger charge is 2.35. The summed E-state index contributed by atoms with van der Waals surface area (Å²) in [5, 5.41) is 19.8. The van der Waals surface area contributed by atoms with Crippen molar-refractivity contribution < 1.29 is 42.9 Å². The van der Waals surface area contributed by atoms with Gasteiger partial charge in [0.25, 0.3) is 0 Å². The molecule has 0 aromatic heterocycles. The zero-order chi connectivity index (χ0) is 36.8. The van der Waals surface area contributed by atoms with Crippen molar-refractivity contribution in [3.63, 3.8) is 0 Å². The third kappa shape index (κ3) is 15.2. The lowest BCUT2D eigenvalue weighted by Crippen LogP contribution is -2.49. The van der Waals surface area contributed by atoms with Crippen LogP contribution in [0.1, 0.15) is 88.0 Å². The number of carbonyl (C=O) groups is 4. The van der Waals surface area contributed by atoms with Crippen LogP contribution in [0.2, 0.25) is 0 Å². The van der Waals surface area contributed by atoms with Crippen molar-refractivity contribution in [1.82, 2.24) is 10.6 Å². The number of nitrogens with one attached hydrogen (secondary N) is 3. The van der Waals surface area contributed by atoms with Gasteiger partial charge < -0.3 is 41.0 Å². The second-order valence-electron chi connectivity index (χ2n) is 14.7. The highest BCUT2D eigenvalue weighted by atomic mass is 19.1. The summed E-state index contributed by atoms with van der Waals surface area (Å²) in [7, 11) is 1.56. The molecular formula is C35H59FN4O8. The molecule has 4 amide bonds. The molecule has 0 aliphatic rings. The third-order valence-electron chi connectivity index (χ3n) is 8.10. The fraction of sp³-hybridized carbons (Fsp3) is 0.714. The minimum atomic E-state index is -1.19. The number of ether oxygens (including phenoxy) is 3. The number of rotatable bonds is 20. The van der Waals surface area contributed by atoms with E-state index in [0.717, 1.165) is 0 Å². The van der Waals surface area contributed by atoms with Gasteiger partial charge in [-0.15, -0.1) is 0 Å². The van der Waals surface area contributed by atoms with Gasteiger partial charge in [-0.1, -0.05) is 33.8 Å². The highest BCUT2D eigenvalue weighted by Crippen LogP contribution is 2.30. The summed E-state index contributed by atoms with van der Waals surface area (Å²) in [6, 6.07) is 3.38. The largest absolute Gasteiger partial charge is 0.488 e. The van der Waals surface area contributed by atoms with Crippen LogP contribution in [0.25, 0.3) is 0 Å². The second kappa shape index (κ2) is 19.5. The first-order valence-corrected chi connectivity index (χ1v) is 16.6. The summed E-state index contributed by atoms with van der Waals surface area (Å²) in [5.41, 5.74) is 3.87. The first-order chi connectivity index (χ1) is 22.2. The van der Waals surface area contributed by atoms with Crippen molar-refractivity contribution in [2.75, 3.05) is 32.2 Å². The number of halogens is 1. The van der Waals surface area contributed by atoms with Gasteiger partial charge in [0.2, 0.25) is 17.7 Å². The molecule has 1 rings (SSSR count). The Kier molecular flexibility index (Phi) is 17.3. The van der Waals surface area contributed by atoms with Crippen molar-refractivity contribution >= 4 is 29.5 Å². The number of benzene rings is 1. The molecule has 12 nitrogen and oxygen atoms in total. The van der Waals surface area contributed by atoms with Gasteiger partial charge in [-0.2, -0.15) is 0 Å². The maximum Gasteiger partial charge on any atom is 0.407 e. The molecule has 0 fully saturated rings. The average Bonchev–Trinajstić information content (AvgIpc) is 2.95. The summed E-state index contributed by atoms with van der Waals surface area (Å²) in [4.78, 5) is 51.2. The number of nitrogens with two attached hydrogens (primary N) is 1. The van der Waals surface area contributed by atoms with Gasteiger partial charge in [-0.05, 0) is 77.3 Å². The van der Waals surface area contributed by atoms with Crippen LogP contribution in [0.15, 0.2) is 18.2 Å². The van der Waals surface area contributed by atoms with E-state index in [9.17, 15) is 28.7 Å². The van der Waals surface area contributed by atoms with Crippen LogP contribution in [0.4, 0.5) is 14.9 Å². The van der Waals surface area contributed by atoms with Crippen molar-refractivity contribution in [3.8, 4) is 5.75 Å². The smallest absolute Gasteiger partial charge is 0.407 e. The molecule has 0 saturated carbocycles. The maximum atomic E-state index is 14.6. The molecule has 274 valence electrons. The summed E-state index contributed by atoms with van der Waals surface area (Å²) in [6.07, 6.45) is -1.25. The van der Waals surface area contributed by atoms with Crippen molar-refractivity contribution in [2.45, 2.75) is 106 Å². The molecule has 13 heteroatoms. The van der Waals surface area contributed by atoms with Crippen LogP contribution >= 0.6 is 0 Å². The number of hydrogen-bond donors (Lipinski definition) is 5. The zero-order valence-electron chi connectivity index (χ0n) is 30.4.